The molecule has 3 heterocycles. The average molecular weight is 486 g/mol. The number of morpholine rings is 1. The largest absolute Gasteiger partial charge is 0.378 e. The number of sulfonamides is 1. The van der Waals surface area contributed by atoms with E-state index in [-0.39, 0.29) is 9.92 Å². The Morgan fingerprint density at radius 3 is 2.23 bits per heavy atom. The second-order valence-corrected chi connectivity index (χ2v) is 10.4. The van der Waals surface area contributed by atoms with Gasteiger partial charge in [-0.15, -0.1) is 0 Å². The quantitative estimate of drug-likeness (QED) is 0.658. The SMILES string of the molecule is Cc1cc(N2CCOCC2)nc(N2CCN(S(=O)(=O)c3cc(C)c(Cl)cc3Cl)CC2)n1. The second kappa shape index (κ2) is 9.07. The zero-order valence-electron chi connectivity index (χ0n) is 17.5. The van der Waals surface area contributed by atoms with Gasteiger partial charge in [-0.2, -0.15) is 9.29 Å². The topological polar surface area (TPSA) is 78.9 Å². The van der Waals surface area contributed by atoms with Gasteiger partial charge in [0.15, 0.2) is 0 Å². The summed E-state index contributed by atoms with van der Waals surface area (Å²) in [6, 6.07) is 4.99. The summed E-state index contributed by atoms with van der Waals surface area (Å²) >= 11 is 12.3. The van der Waals surface area contributed by atoms with Crippen molar-refractivity contribution in [3.05, 3.63) is 39.5 Å². The van der Waals surface area contributed by atoms with Crippen LogP contribution in [-0.2, 0) is 14.8 Å². The first-order chi connectivity index (χ1) is 14.8. The molecule has 1 aromatic heterocycles. The van der Waals surface area contributed by atoms with Crippen molar-refractivity contribution >= 4 is 45.0 Å². The number of aromatic nitrogens is 2. The minimum Gasteiger partial charge on any atom is -0.378 e. The monoisotopic (exact) mass is 485 g/mol. The minimum absolute atomic E-state index is 0.0888. The van der Waals surface area contributed by atoms with Crippen molar-refractivity contribution in [2.24, 2.45) is 0 Å². The maximum atomic E-state index is 13.2. The predicted molar refractivity (Wildman–Crippen MR) is 122 cm³/mol. The smallest absolute Gasteiger partial charge is 0.244 e. The number of benzene rings is 1. The van der Waals surface area contributed by atoms with Crippen LogP contribution in [-0.4, -0.2) is 75.2 Å². The number of piperazine rings is 1. The van der Waals surface area contributed by atoms with Gasteiger partial charge >= 0.3 is 0 Å². The van der Waals surface area contributed by atoms with Gasteiger partial charge in [0.05, 0.1) is 18.2 Å². The fourth-order valence-electron chi connectivity index (χ4n) is 3.73. The minimum atomic E-state index is -3.72. The third-order valence-corrected chi connectivity index (χ3v) is 8.29. The number of ether oxygens (including phenoxy) is 1. The van der Waals surface area contributed by atoms with Crippen molar-refractivity contribution in [3.8, 4) is 0 Å². The van der Waals surface area contributed by atoms with Crippen LogP contribution in [0.3, 0.4) is 0 Å². The molecule has 31 heavy (non-hydrogen) atoms. The van der Waals surface area contributed by atoms with Crippen molar-refractivity contribution in [1.29, 1.82) is 0 Å². The van der Waals surface area contributed by atoms with Crippen LogP contribution < -0.4 is 9.80 Å². The highest BCUT2D eigenvalue weighted by Gasteiger charge is 2.31. The molecule has 2 saturated heterocycles. The van der Waals surface area contributed by atoms with Gasteiger partial charge < -0.3 is 14.5 Å². The maximum Gasteiger partial charge on any atom is 0.244 e. The molecule has 1 aromatic carbocycles. The lowest BCUT2D eigenvalue weighted by atomic mass is 10.2. The van der Waals surface area contributed by atoms with Gasteiger partial charge in [-0.3, -0.25) is 0 Å². The van der Waals surface area contributed by atoms with E-state index in [1.54, 1.807) is 6.92 Å². The second-order valence-electron chi connectivity index (χ2n) is 7.69. The molecular formula is C20H25Cl2N5O3S. The van der Waals surface area contributed by atoms with Crippen LogP contribution in [0.4, 0.5) is 11.8 Å². The highest BCUT2D eigenvalue weighted by molar-refractivity contribution is 7.89. The maximum absolute atomic E-state index is 13.2. The zero-order valence-corrected chi connectivity index (χ0v) is 19.8. The Morgan fingerprint density at radius 2 is 1.55 bits per heavy atom. The molecular weight excluding hydrogens is 461 g/mol. The molecule has 0 aliphatic carbocycles. The molecule has 2 aliphatic rings. The fourth-order valence-corrected chi connectivity index (χ4v) is 5.96. The van der Waals surface area contributed by atoms with Gasteiger partial charge in [0.25, 0.3) is 0 Å². The van der Waals surface area contributed by atoms with E-state index in [2.05, 4.69) is 9.88 Å². The molecule has 2 fully saturated rings. The summed E-state index contributed by atoms with van der Waals surface area (Å²) in [6.07, 6.45) is 0. The molecule has 0 radical (unpaired) electrons. The number of halogens is 2. The van der Waals surface area contributed by atoms with Crippen LogP contribution >= 0.6 is 23.2 Å². The third kappa shape index (κ3) is 4.75. The van der Waals surface area contributed by atoms with Crippen molar-refractivity contribution in [3.63, 3.8) is 0 Å². The molecule has 0 unspecified atom stereocenters. The molecule has 2 aliphatic heterocycles. The van der Waals surface area contributed by atoms with Crippen molar-refractivity contribution < 1.29 is 13.2 Å². The Balaban J connectivity index is 1.50. The summed E-state index contributed by atoms with van der Waals surface area (Å²) in [7, 11) is -3.72. The average Bonchev–Trinajstić information content (AvgIpc) is 2.76. The first-order valence-corrected chi connectivity index (χ1v) is 12.3. The van der Waals surface area contributed by atoms with Crippen molar-refractivity contribution in [2.45, 2.75) is 18.7 Å². The fraction of sp³-hybridized carbons (Fsp3) is 0.500. The predicted octanol–water partition coefficient (Wildman–Crippen LogP) is 2.75. The number of rotatable bonds is 4. The Kier molecular flexibility index (Phi) is 6.60. The molecule has 8 nitrogen and oxygen atoms in total. The van der Waals surface area contributed by atoms with Gasteiger partial charge in [-0.05, 0) is 31.5 Å². The lowest BCUT2D eigenvalue weighted by Gasteiger charge is -2.35. The van der Waals surface area contributed by atoms with Gasteiger partial charge in [0, 0.05) is 56.1 Å². The van der Waals surface area contributed by atoms with Crippen LogP contribution in [0.25, 0.3) is 0 Å². The summed E-state index contributed by atoms with van der Waals surface area (Å²) in [5, 5.41) is 0.580. The Hall–Kier alpha value is -1.65. The standard InChI is InChI=1S/C20H25Cl2N5O3S/c1-14-11-18(17(22)13-16(14)21)31(28,29)27-5-3-26(4-6-27)20-23-15(2)12-19(24-20)25-7-9-30-10-8-25/h11-13H,3-10H2,1-2H3. The highest BCUT2D eigenvalue weighted by Crippen LogP contribution is 2.31. The molecule has 4 rings (SSSR count). The molecule has 0 spiro atoms. The summed E-state index contributed by atoms with van der Waals surface area (Å²) in [4.78, 5) is 13.6. The van der Waals surface area contributed by atoms with E-state index in [1.807, 2.05) is 17.9 Å². The number of hydrogen-bond donors (Lipinski definition) is 0. The Bertz CT molecular complexity index is 1070. The van der Waals surface area contributed by atoms with E-state index in [9.17, 15) is 8.42 Å². The molecule has 0 amide bonds. The first-order valence-electron chi connectivity index (χ1n) is 10.1. The van der Waals surface area contributed by atoms with E-state index >= 15 is 0 Å². The molecule has 0 bridgehead atoms. The van der Waals surface area contributed by atoms with E-state index in [0.717, 1.165) is 24.6 Å². The van der Waals surface area contributed by atoms with Crippen molar-refractivity contribution in [1.82, 2.24) is 14.3 Å². The van der Waals surface area contributed by atoms with E-state index in [0.29, 0.717) is 55.9 Å². The van der Waals surface area contributed by atoms with Crippen LogP contribution in [0.5, 0.6) is 0 Å². The normalized spacial score (nSPS) is 18.5. The third-order valence-electron chi connectivity index (χ3n) is 5.52. The van der Waals surface area contributed by atoms with Gasteiger partial charge in [0.2, 0.25) is 16.0 Å². The van der Waals surface area contributed by atoms with Gasteiger partial charge in [-0.1, -0.05) is 23.2 Å². The van der Waals surface area contributed by atoms with Crippen molar-refractivity contribution in [2.75, 3.05) is 62.3 Å². The molecule has 0 N–H and O–H groups in total. The Morgan fingerprint density at radius 1 is 0.871 bits per heavy atom. The lowest BCUT2D eigenvalue weighted by Crippen LogP contribution is -2.49. The van der Waals surface area contributed by atoms with Gasteiger partial charge in [-0.25, -0.2) is 13.4 Å². The van der Waals surface area contributed by atoms with Crippen LogP contribution in [0.2, 0.25) is 10.0 Å². The summed E-state index contributed by atoms with van der Waals surface area (Å²) in [5.41, 5.74) is 1.55. The summed E-state index contributed by atoms with van der Waals surface area (Å²) in [6.45, 7) is 8.30. The Labute approximate surface area is 192 Å². The number of aryl methyl sites for hydroxylation is 2. The summed E-state index contributed by atoms with van der Waals surface area (Å²) in [5.74, 6) is 1.50. The van der Waals surface area contributed by atoms with Gasteiger partial charge in [0.1, 0.15) is 10.7 Å². The van der Waals surface area contributed by atoms with E-state index in [4.69, 9.17) is 32.9 Å². The number of hydrogen-bond acceptors (Lipinski definition) is 7. The lowest BCUT2D eigenvalue weighted by molar-refractivity contribution is 0.122. The van der Waals surface area contributed by atoms with Crippen LogP contribution in [0, 0.1) is 13.8 Å². The van der Waals surface area contributed by atoms with Crippen LogP contribution in [0.1, 0.15) is 11.3 Å². The number of anilines is 2. The molecule has 168 valence electrons. The van der Waals surface area contributed by atoms with E-state index in [1.165, 1.54) is 16.4 Å². The summed E-state index contributed by atoms with van der Waals surface area (Å²) < 4.78 is 33.2. The first kappa shape index (κ1) is 22.5. The van der Waals surface area contributed by atoms with E-state index < -0.39 is 10.0 Å². The molecule has 0 atom stereocenters. The zero-order chi connectivity index (χ0) is 22.2. The molecule has 0 saturated carbocycles. The van der Waals surface area contributed by atoms with Crippen LogP contribution in [0.15, 0.2) is 23.1 Å². The molecule has 11 heteroatoms. The highest BCUT2D eigenvalue weighted by atomic mass is 35.5. The molecule has 2 aromatic rings. The number of nitrogens with zero attached hydrogens (tertiary/aromatic N) is 5.